The first kappa shape index (κ1) is 8.81. The van der Waals surface area contributed by atoms with Crippen LogP contribution in [-0.4, -0.2) is 13.1 Å². The number of ether oxygens (including phenoxy) is 1. The van der Waals surface area contributed by atoms with Crippen LogP contribution in [0.2, 0.25) is 0 Å². The first-order chi connectivity index (χ1) is 6.79. The van der Waals surface area contributed by atoms with E-state index in [2.05, 4.69) is 4.74 Å². The smallest absolute Gasteiger partial charge is 0.309 e. The quantitative estimate of drug-likeness (QED) is 0.681. The highest BCUT2D eigenvalue weighted by Gasteiger charge is 2.04. The SMILES string of the molecule is COC(=O)Cc1ccc2occc2c1. The standard InChI is InChI=1S/C11H10O3/c1-13-11(12)7-8-2-3-10-9(6-8)4-5-14-10/h2-6H,7H2,1H3. The molecule has 0 saturated carbocycles. The lowest BCUT2D eigenvalue weighted by Gasteiger charge is -1.99. The minimum atomic E-state index is -0.229. The molecule has 14 heavy (non-hydrogen) atoms. The number of furan rings is 1. The van der Waals surface area contributed by atoms with Gasteiger partial charge in [-0.05, 0) is 23.8 Å². The van der Waals surface area contributed by atoms with E-state index in [0.29, 0.717) is 6.42 Å². The number of hydrogen-bond acceptors (Lipinski definition) is 3. The molecule has 2 rings (SSSR count). The fraction of sp³-hybridized carbons (Fsp3) is 0.182. The number of rotatable bonds is 2. The summed E-state index contributed by atoms with van der Waals surface area (Å²) < 4.78 is 9.77. The van der Waals surface area contributed by atoms with Gasteiger partial charge in [0.2, 0.25) is 0 Å². The zero-order chi connectivity index (χ0) is 9.97. The maximum atomic E-state index is 11.0. The van der Waals surface area contributed by atoms with Crippen LogP contribution in [0.15, 0.2) is 34.9 Å². The molecule has 72 valence electrons. The van der Waals surface area contributed by atoms with Gasteiger partial charge in [0.1, 0.15) is 5.58 Å². The van der Waals surface area contributed by atoms with Gasteiger partial charge in [-0.3, -0.25) is 4.79 Å². The van der Waals surface area contributed by atoms with Crippen LogP contribution in [0.25, 0.3) is 11.0 Å². The number of esters is 1. The first-order valence-corrected chi connectivity index (χ1v) is 4.32. The number of hydrogen-bond donors (Lipinski definition) is 0. The van der Waals surface area contributed by atoms with Gasteiger partial charge in [-0.1, -0.05) is 6.07 Å². The lowest BCUT2D eigenvalue weighted by molar-refractivity contribution is -0.139. The molecule has 0 amide bonds. The van der Waals surface area contributed by atoms with Gasteiger partial charge in [0, 0.05) is 5.39 Å². The van der Waals surface area contributed by atoms with Crippen molar-refractivity contribution >= 4 is 16.9 Å². The van der Waals surface area contributed by atoms with E-state index in [1.807, 2.05) is 24.3 Å². The molecule has 0 N–H and O–H groups in total. The molecular formula is C11H10O3. The predicted molar refractivity (Wildman–Crippen MR) is 51.9 cm³/mol. The van der Waals surface area contributed by atoms with Crippen LogP contribution in [0.1, 0.15) is 5.56 Å². The molecule has 3 heteroatoms. The van der Waals surface area contributed by atoms with Crippen molar-refractivity contribution in [2.24, 2.45) is 0 Å². The Morgan fingerprint density at radius 3 is 3.07 bits per heavy atom. The summed E-state index contributed by atoms with van der Waals surface area (Å²) >= 11 is 0. The second-order valence-corrected chi connectivity index (χ2v) is 3.05. The van der Waals surface area contributed by atoms with E-state index in [1.54, 1.807) is 6.26 Å². The van der Waals surface area contributed by atoms with Crippen LogP contribution in [0.5, 0.6) is 0 Å². The van der Waals surface area contributed by atoms with E-state index in [9.17, 15) is 4.79 Å². The van der Waals surface area contributed by atoms with Gasteiger partial charge in [-0.2, -0.15) is 0 Å². The van der Waals surface area contributed by atoms with Crippen LogP contribution >= 0.6 is 0 Å². The molecule has 0 bridgehead atoms. The fourth-order valence-electron chi connectivity index (χ4n) is 1.36. The molecule has 1 aromatic carbocycles. The molecule has 1 heterocycles. The third-order valence-corrected chi connectivity index (χ3v) is 2.09. The highest BCUT2D eigenvalue weighted by Crippen LogP contribution is 2.17. The van der Waals surface area contributed by atoms with Crippen molar-refractivity contribution in [2.45, 2.75) is 6.42 Å². The average Bonchev–Trinajstić information content (AvgIpc) is 2.64. The van der Waals surface area contributed by atoms with Crippen LogP contribution in [-0.2, 0) is 16.0 Å². The third-order valence-electron chi connectivity index (χ3n) is 2.09. The molecule has 0 atom stereocenters. The van der Waals surface area contributed by atoms with Crippen molar-refractivity contribution in [1.29, 1.82) is 0 Å². The summed E-state index contributed by atoms with van der Waals surface area (Å²) in [5.74, 6) is -0.229. The minimum absolute atomic E-state index is 0.229. The van der Waals surface area contributed by atoms with Gasteiger partial charge in [-0.25, -0.2) is 0 Å². The molecule has 0 saturated heterocycles. The third kappa shape index (κ3) is 1.62. The molecule has 2 aromatic rings. The van der Waals surface area contributed by atoms with Crippen molar-refractivity contribution < 1.29 is 13.9 Å². The van der Waals surface area contributed by atoms with E-state index in [0.717, 1.165) is 16.5 Å². The molecule has 0 aliphatic rings. The van der Waals surface area contributed by atoms with Crippen LogP contribution in [0.3, 0.4) is 0 Å². The largest absolute Gasteiger partial charge is 0.469 e. The summed E-state index contributed by atoms with van der Waals surface area (Å²) in [7, 11) is 1.39. The first-order valence-electron chi connectivity index (χ1n) is 4.32. The van der Waals surface area contributed by atoms with Gasteiger partial charge >= 0.3 is 5.97 Å². The molecule has 0 unspecified atom stereocenters. The van der Waals surface area contributed by atoms with E-state index in [1.165, 1.54) is 7.11 Å². The Bertz CT molecular complexity index is 456. The summed E-state index contributed by atoms with van der Waals surface area (Å²) in [5, 5.41) is 1.01. The molecule has 0 radical (unpaired) electrons. The second kappa shape index (κ2) is 3.54. The maximum Gasteiger partial charge on any atom is 0.309 e. The highest BCUT2D eigenvalue weighted by molar-refractivity contribution is 5.80. The number of fused-ring (bicyclic) bond motifs is 1. The number of carbonyl (C=O) groups is 1. The molecule has 0 spiro atoms. The van der Waals surface area contributed by atoms with Crippen molar-refractivity contribution in [1.82, 2.24) is 0 Å². The van der Waals surface area contributed by atoms with Crippen LogP contribution < -0.4 is 0 Å². The Morgan fingerprint density at radius 2 is 2.29 bits per heavy atom. The minimum Gasteiger partial charge on any atom is -0.469 e. The number of methoxy groups -OCH3 is 1. The van der Waals surface area contributed by atoms with Gasteiger partial charge in [0.25, 0.3) is 0 Å². The fourth-order valence-corrected chi connectivity index (χ4v) is 1.36. The summed E-state index contributed by atoms with van der Waals surface area (Å²) in [6.45, 7) is 0. The Hall–Kier alpha value is -1.77. The van der Waals surface area contributed by atoms with Crippen molar-refractivity contribution in [3.8, 4) is 0 Å². The molecular weight excluding hydrogens is 180 g/mol. The van der Waals surface area contributed by atoms with Gasteiger partial charge in [-0.15, -0.1) is 0 Å². The molecule has 1 aromatic heterocycles. The normalized spacial score (nSPS) is 10.4. The van der Waals surface area contributed by atoms with E-state index < -0.39 is 0 Å². The van der Waals surface area contributed by atoms with E-state index in [4.69, 9.17) is 4.42 Å². The second-order valence-electron chi connectivity index (χ2n) is 3.05. The van der Waals surface area contributed by atoms with Crippen molar-refractivity contribution in [2.75, 3.05) is 7.11 Å². The van der Waals surface area contributed by atoms with Gasteiger partial charge in [0.05, 0.1) is 19.8 Å². The zero-order valence-corrected chi connectivity index (χ0v) is 7.82. The molecule has 0 aliphatic carbocycles. The van der Waals surface area contributed by atoms with Gasteiger partial charge in [0.15, 0.2) is 0 Å². The van der Waals surface area contributed by atoms with Gasteiger partial charge < -0.3 is 9.15 Å². The Labute approximate surface area is 81.3 Å². The Morgan fingerprint density at radius 1 is 1.43 bits per heavy atom. The summed E-state index contributed by atoms with van der Waals surface area (Å²) in [5.41, 5.74) is 1.77. The summed E-state index contributed by atoms with van der Waals surface area (Å²) in [6.07, 6.45) is 1.93. The average molecular weight is 190 g/mol. The lowest BCUT2D eigenvalue weighted by Crippen LogP contribution is -2.03. The number of carbonyl (C=O) groups excluding carboxylic acids is 1. The van der Waals surface area contributed by atoms with Crippen LogP contribution in [0, 0.1) is 0 Å². The molecule has 3 nitrogen and oxygen atoms in total. The Kier molecular flexibility index (Phi) is 2.23. The molecule has 0 aliphatic heterocycles. The van der Waals surface area contributed by atoms with Crippen molar-refractivity contribution in [3.63, 3.8) is 0 Å². The highest BCUT2D eigenvalue weighted by atomic mass is 16.5. The lowest BCUT2D eigenvalue weighted by atomic mass is 10.1. The zero-order valence-electron chi connectivity index (χ0n) is 7.82. The maximum absolute atomic E-state index is 11.0. The predicted octanol–water partition coefficient (Wildman–Crippen LogP) is 2.15. The summed E-state index contributed by atoms with van der Waals surface area (Å²) in [4.78, 5) is 11.0. The summed E-state index contributed by atoms with van der Waals surface area (Å²) in [6, 6.07) is 7.52. The number of benzene rings is 1. The topological polar surface area (TPSA) is 39.4 Å². The van der Waals surface area contributed by atoms with Crippen molar-refractivity contribution in [3.05, 3.63) is 36.1 Å². The molecule has 0 fully saturated rings. The Balaban J connectivity index is 2.30. The monoisotopic (exact) mass is 190 g/mol. The van der Waals surface area contributed by atoms with E-state index >= 15 is 0 Å². The van der Waals surface area contributed by atoms with E-state index in [-0.39, 0.29) is 5.97 Å². The van der Waals surface area contributed by atoms with Crippen LogP contribution in [0.4, 0.5) is 0 Å².